The fraction of sp³-hybridized carbons (Fsp3) is 0.375. The Morgan fingerprint density at radius 2 is 2.09 bits per heavy atom. The minimum absolute atomic E-state index is 0.00567. The van der Waals surface area contributed by atoms with E-state index in [0.29, 0.717) is 23.2 Å². The third kappa shape index (κ3) is 2.88. The third-order valence-corrected chi connectivity index (χ3v) is 4.26. The number of nitrogens with zero attached hydrogens (tertiary/aromatic N) is 4. The maximum atomic E-state index is 12.4. The normalized spacial score (nSPS) is 16.1. The molecular weight excluding hydrogens is 312 g/mol. The molecular formula is C16H18N4O2S. The molecule has 1 aliphatic rings. The van der Waals surface area contributed by atoms with Gasteiger partial charge in [0, 0.05) is 12.0 Å². The van der Waals surface area contributed by atoms with Crippen LogP contribution in [0.25, 0.3) is 11.3 Å². The third-order valence-electron chi connectivity index (χ3n) is 3.54. The number of benzene rings is 1. The quantitative estimate of drug-likeness (QED) is 0.805. The lowest BCUT2D eigenvalue weighted by Crippen LogP contribution is -2.41. The van der Waals surface area contributed by atoms with Crippen LogP contribution in [0, 0.1) is 0 Å². The summed E-state index contributed by atoms with van der Waals surface area (Å²) >= 11 is 1.50. The van der Waals surface area contributed by atoms with Gasteiger partial charge in [0.15, 0.2) is 11.9 Å². The Balaban J connectivity index is 2.16. The summed E-state index contributed by atoms with van der Waals surface area (Å²) < 4.78 is 5.94. The Bertz CT molecular complexity index is 738. The van der Waals surface area contributed by atoms with Crippen molar-refractivity contribution in [3.8, 4) is 17.1 Å². The van der Waals surface area contributed by atoms with E-state index in [1.807, 2.05) is 45.0 Å². The number of fused-ring (bicyclic) bond motifs is 3. The standard InChI is InChI=1S/C16H18N4O2S/c1-4-13(21)20-10(3)22-15-14(11-8-6-7-9-12(11)20)18-19-16(17-15)23-5-2/h6-10H,4-5H2,1-3H3/t10-/m1/s1. The topological polar surface area (TPSA) is 68.2 Å². The zero-order chi connectivity index (χ0) is 16.4. The smallest absolute Gasteiger partial charge is 0.247 e. The molecule has 2 aromatic rings. The van der Waals surface area contributed by atoms with Gasteiger partial charge in [-0.15, -0.1) is 10.2 Å². The first-order chi connectivity index (χ1) is 11.2. The Kier molecular flexibility index (Phi) is 4.47. The van der Waals surface area contributed by atoms with Crippen molar-refractivity contribution in [1.29, 1.82) is 0 Å². The second kappa shape index (κ2) is 6.54. The van der Waals surface area contributed by atoms with E-state index in [1.165, 1.54) is 11.8 Å². The summed E-state index contributed by atoms with van der Waals surface area (Å²) in [5, 5.41) is 9.03. The van der Waals surface area contributed by atoms with Crippen molar-refractivity contribution in [2.24, 2.45) is 0 Å². The summed E-state index contributed by atoms with van der Waals surface area (Å²) in [7, 11) is 0. The van der Waals surface area contributed by atoms with E-state index in [2.05, 4.69) is 15.2 Å². The van der Waals surface area contributed by atoms with Crippen molar-refractivity contribution in [3.05, 3.63) is 24.3 Å². The van der Waals surface area contributed by atoms with Crippen molar-refractivity contribution in [1.82, 2.24) is 15.2 Å². The lowest BCUT2D eigenvalue weighted by atomic mass is 10.1. The van der Waals surface area contributed by atoms with Gasteiger partial charge in [-0.05, 0) is 18.7 Å². The zero-order valence-electron chi connectivity index (χ0n) is 13.3. The highest BCUT2D eigenvalue weighted by Crippen LogP contribution is 2.39. The molecule has 2 heterocycles. The van der Waals surface area contributed by atoms with Gasteiger partial charge in [-0.2, -0.15) is 4.98 Å². The SMILES string of the molecule is CCSc1nnc2c(n1)O[C@H](C)N(C(=O)CC)c1ccccc1-2. The summed E-state index contributed by atoms with van der Waals surface area (Å²) in [6, 6.07) is 7.61. The fourth-order valence-corrected chi connectivity index (χ4v) is 3.04. The van der Waals surface area contributed by atoms with E-state index in [9.17, 15) is 4.79 Å². The molecule has 0 radical (unpaired) electrons. The minimum Gasteiger partial charge on any atom is -0.452 e. The first-order valence-corrected chi connectivity index (χ1v) is 8.59. The second-order valence-corrected chi connectivity index (χ2v) is 6.26. The number of aromatic nitrogens is 3. The Morgan fingerprint density at radius 3 is 2.83 bits per heavy atom. The van der Waals surface area contributed by atoms with Crippen LogP contribution in [0.2, 0.25) is 0 Å². The molecule has 0 saturated carbocycles. The van der Waals surface area contributed by atoms with Crippen molar-refractivity contribution in [2.45, 2.75) is 38.6 Å². The average molecular weight is 330 g/mol. The highest BCUT2D eigenvalue weighted by molar-refractivity contribution is 7.99. The number of anilines is 1. The van der Waals surface area contributed by atoms with Crippen LogP contribution in [0.4, 0.5) is 5.69 Å². The molecule has 1 aliphatic heterocycles. The van der Waals surface area contributed by atoms with Crippen LogP contribution in [0.5, 0.6) is 5.88 Å². The molecule has 0 bridgehead atoms. The number of para-hydroxylation sites is 1. The number of ether oxygens (including phenoxy) is 1. The van der Waals surface area contributed by atoms with Crippen LogP contribution in [-0.4, -0.2) is 33.1 Å². The van der Waals surface area contributed by atoms with Crippen LogP contribution in [0.3, 0.4) is 0 Å². The van der Waals surface area contributed by atoms with Gasteiger partial charge in [-0.25, -0.2) is 0 Å². The predicted molar refractivity (Wildman–Crippen MR) is 89.5 cm³/mol. The fourth-order valence-electron chi connectivity index (χ4n) is 2.54. The van der Waals surface area contributed by atoms with Crippen LogP contribution < -0.4 is 9.64 Å². The lowest BCUT2D eigenvalue weighted by molar-refractivity contribution is -0.119. The number of carbonyl (C=O) groups is 1. The van der Waals surface area contributed by atoms with Crippen LogP contribution in [0.1, 0.15) is 27.2 Å². The van der Waals surface area contributed by atoms with Gasteiger partial charge in [-0.3, -0.25) is 9.69 Å². The molecule has 120 valence electrons. The van der Waals surface area contributed by atoms with E-state index in [4.69, 9.17) is 4.74 Å². The van der Waals surface area contributed by atoms with Gasteiger partial charge in [0.2, 0.25) is 16.9 Å². The lowest BCUT2D eigenvalue weighted by Gasteiger charge is -2.27. The number of hydrogen-bond donors (Lipinski definition) is 0. The first-order valence-electron chi connectivity index (χ1n) is 7.61. The molecule has 0 saturated heterocycles. The summed E-state index contributed by atoms with van der Waals surface area (Å²) in [6.45, 7) is 5.71. The summed E-state index contributed by atoms with van der Waals surface area (Å²) in [4.78, 5) is 18.5. The maximum absolute atomic E-state index is 12.4. The number of hydrogen-bond acceptors (Lipinski definition) is 6. The van der Waals surface area contributed by atoms with Gasteiger partial charge >= 0.3 is 0 Å². The monoisotopic (exact) mass is 330 g/mol. The first kappa shape index (κ1) is 15.7. The molecule has 7 heteroatoms. The van der Waals surface area contributed by atoms with E-state index in [1.54, 1.807) is 4.90 Å². The summed E-state index contributed by atoms with van der Waals surface area (Å²) in [6.07, 6.45) is -0.0601. The molecule has 0 fully saturated rings. The van der Waals surface area contributed by atoms with Crippen molar-refractivity contribution >= 4 is 23.4 Å². The van der Waals surface area contributed by atoms with Gasteiger partial charge in [0.1, 0.15) is 0 Å². The molecule has 0 aliphatic carbocycles. The van der Waals surface area contributed by atoms with Gasteiger partial charge in [0.05, 0.1) is 5.69 Å². The number of amides is 1. The molecule has 1 aromatic heterocycles. The molecule has 0 unspecified atom stereocenters. The van der Waals surface area contributed by atoms with Gasteiger partial charge < -0.3 is 4.74 Å². The van der Waals surface area contributed by atoms with Crippen LogP contribution >= 0.6 is 11.8 Å². The second-order valence-electron chi connectivity index (χ2n) is 5.03. The molecule has 1 amide bonds. The number of thioether (sulfide) groups is 1. The number of rotatable bonds is 3. The predicted octanol–water partition coefficient (Wildman–Crippen LogP) is 3.13. The highest BCUT2D eigenvalue weighted by atomic mass is 32.2. The van der Waals surface area contributed by atoms with E-state index < -0.39 is 6.23 Å². The Hall–Kier alpha value is -2.15. The molecule has 1 aromatic carbocycles. The van der Waals surface area contributed by atoms with E-state index in [-0.39, 0.29) is 5.91 Å². The van der Waals surface area contributed by atoms with Crippen molar-refractivity contribution in [3.63, 3.8) is 0 Å². The average Bonchev–Trinajstić information content (AvgIpc) is 2.67. The molecule has 1 atom stereocenters. The Labute approximate surface area is 139 Å². The minimum atomic E-state index is -0.457. The molecule has 0 spiro atoms. The highest BCUT2D eigenvalue weighted by Gasteiger charge is 2.31. The molecule has 6 nitrogen and oxygen atoms in total. The number of carbonyl (C=O) groups excluding carboxylic acids is 1. The van der Waals surface area contributed by atoms with Crippen molar-refractivity contribution in [2.75, 3.05) is 10.7 Å². The van der Waals surface area contributed by atoms with Gasteiger partial charge in [0.25, 0.3) is 0 Å². The summed E-state index contributed by atoms with van der Waals surface area (Å²) in [5.41, 5.74) is 2.15. The van der Waals surface area contributed by atoms with Gasteiger partial charge in [-0.1, -0.05) is 43.8 Å². The van der Waals surface area contributed by atoms with Crippen LogP contribution in [-0.2, 0) is 4.79 Å². The molecule has 0 N–H and O–H groups in total. The van der Waals surface area contributed by atoms with Crippen LogP contribution in [0.15, 0.2) is 29.4 Å². The molecule has 3 rings (SSSR count). The zero-order valence-corrected chi connectivity index (χ0v) is 14.1. The van der Waals surface area contributed by atoms with Crippen molar-refractivity contribution < 1.29 is 9.53 Å². The van der Waals surface area contributed by atoms with E-state index >= 15 is 0 Å². The maximum Gasteiger partial charge on any atom is 0.247 e. The van der Waals surface area contributed by atoms with E-state index in [0.717, 1.165) is 17.0 Å². The molecule has 23 heavy (non-hydrogen) atoms. The Morgan fingerprint density at radius 1 is 1.30 bits per heavy atom. The summed E-state index contributed by atoms with van der Waals surface area (Å²) in [5.74, 6) is 1.27. The largest absolute Gasteiger partial charge is 0.452 e.